The van der Waals surface area contributed by atoms with Gasteiger partial charge in [0.15, 0.2) is 0 Å². The van der Waals surface area contributed by atoms with Crippen LogP contribution in [-0.4, -0.2) is 12.9 Å². The van der Waals surface area contributed by atoms with Crippen molar-refractivity contribution in [1.29, 1.82) is 0 Å². The predicted molar refractivity (Wildman–Crippen MR) is 73.4 cm³/mol. The van der Waals surface area contributed by atoms with Gasteiger partial charge in [0.1, 0.15) is 12.0 Å². The zero-order valence-corrected chi connectivity index (χ0v) is 11.2. The fourth-order valence-corrected chi connectivity index (χ4v) is 2.25. The van der Waals surface area contributed by atoms with Crippen molar-refractivity contribution < 1.29 is 18.3 Å². The van der Waals surface area contributed by atoms with E-state index < -0.39 is 6.61 Å². The average molecular weight is 276 g/mol. The summed E-state index contributed by atoms with van der Waals surface area (Å²) in [5, 5.41) is 0. The normalized spacial score (nSPS) is 10.7. The van der Waals surface area contributed by atoms with Gasteiger partial charge < -0.3 is 4.74 Å². The number of benzene rings is 2. The number of halogens is 2. The topological polar surface area (TPSA) is 26.3 Å². The second-order valence-electron chi connectivity index (χ2n) is 4.52. The maximum absolute atomic E-state index is 12.5. The zero-order chi connectivity index (χ0) is 14.7. The van der Waals surface area contributed by atoms with E-state index in [0.29, 0.717) is 17.4 Å². The first-order valence-electron chi connectivity index (χ1n) is 6.13. The Kier molecular flexibility index (Phi) is 4.13. The Labute approximate surface area is 116 Å². The van der Waals surface area contributed by atoms with Gasteiger partial charge in [-0.15, -0.1) is 0 Å². The van der Waals surface area contributed by atoms with Crippen molar-refractivity contribution in [2.24, 2.45) is 0 Å². The number of aryl methyl sites for hydroxylation is 2. The van der Waals surface area contributed by atoms with Gasteiger partial charge in [0.25, 0.3) is 0 Å². The molecule has 20 heavy (non-hydrogen) atoms. The molecule has 0 aromatic heterocycles. The second kappa shape index (κ2) is 5.82. The minimum Gasteiger partial charge on any atom is -0.434 e. The van der Waals surface area contributed by atoms with Crippen LogP contribution in [0.5, 0.6) is 5.75 Å². The molecule has 0 fully saturated rings. The molecule has 0 saturated carbocycles. The van der Waals surface area contributed by atoms with E-state index in [2.05, 4.69) is 4.74 Å². The molecule has 0 saturated heterocycles. The van der Waals surface area contributed by atoms with Crippen molar-refractivity contribution in [1.82, 2.24) is 0 Å². The molecule has 0 heterocycles. The summed E-state index contributed by atoms with van der Waals surface area (Å²) in [4.78, 5) is 10.9. The fourth-order valence-electron chi connectivity index (χ4n) is 2.25. The Morgan fingerprint density at radius 3 is 2.30 bits per heavy atom. The largest absolute Gasteiger partial charge is 0.434 e. The first-order chi connectivity index (χ1) is 9.52. The van der Waals surface area contributed by atoms with Gasteiger partial charge in [0.05, 0.1) is 0 Å². The number of carbonyl (C=O) groups excluding carboxylic acids is 1. The molecule has 0 radical (unpaired) electrons. The Morgan fingerprint density at radius 2 is 1.75 bits per heavy atom. The third-order valence-electron chi connectivity index (χ3n) is 3.11. The highest BCUT2D eigenvalue weighted by molar-refractivity contribution is 5.83. The van der Waals surface area contributed by atoms with Gasteiger partial charge in [-0.3, -0.25) is 4.79 Å². The maximum atomic E-state index is 12.5. The molecule has 0 N–H and O–H groups in total. The maximum Gasteiger partial charge on any atom is 0.387 e. The summed E-state index contributed by atoms with van der Waals surface area (Å²) in [6.07, 6.45) is 0.684. The minimum atomic E-state index is -2.90. The molecule has 2 aromatic rings. The summed E-state index contributed by atoms with van der Waals surface area (Å²) in [6, 6.07) is 10.1. The van der Waals surface area contributed by atoms with Crippen LogP contribution >= 0.6 is 0 Å². The lowest BCUT2D eigenvalue weighted by Gasteiger charge is -2.15. The van der Waals surface area contributed by atoms with Crippen molar-refractivity contribution >= 4 is 6.29 Å². The molecule has 4 heteroatoms. The van der Waals surface area contributed by atoms with Crippen LogP contribution in [0.15, 0.2) is 36.4 Å². The lowest BCUT2D eigenvalue weighted by molar-refractivity contribution is -0.0494. The van der Waals surface area contributed by atoms with Crippen LogP contribution < -0.4 is 4.74 Å². The Morgan fingerprint density at radius 1 is 1.10 bits per heavy atom. The predicted octanol–water partition coefficient (Wildman–Crippen LogP) is 4.38. The quantitative estimate of drug-likeness (QED) is 0.774. The molecule has 2 nitrogen and oxygen atoms in total. The molecule has 2 rings (SSSR count). The number of ether oxygens (including phenoxy) is 1. The van der Waals surface area contributed by atoms with Crippen molar-refractivity contribution in [3.8, 4) is 16.9 Å². The molecule has 0 spiro atoms. The summed E-state index contributed by atoms with van der Waals surface area (Å²) in [6.45, 7) is 0.879. The summed E-state index contributed by atoms with van der Waals surface area (Å²) in [7, 11) is 0. The van der Waals surface area contributed by atoms with Gasteiger partial charge in [-0.2, -0.15) is 8.78 Å². The van der Waals surface area contributed by atoms with Crippen LogP contribution in [0.25, 0.3) is 11.1 Å². The highest BCUT2D eigenvalue weighted by Gasteiger charge is 2.15. The fraction of sp³-hybridized carbons (Fsp3) is 0.188. The summed E-state index contributed by atoms with van der Waals surface area (Å²) < 4.78 is 29.6. The van der Waals surface area contributed by atoms with Crippen molar-refractivity contribution in [2.75, 3.05) is 0 Å². The number of alkyl halides is 2. The van der Waals surface area contributed by atoms with Crippen LogP contribution in [0.1, 0.15) is 21.5 Å². The number of rotatable bonds is 4. The van der Waals surface area contributed by atoms with E-state index in [1.165, 1.54) is 12.1 Å². The van der Waals surface area contributed by atoms with E-state index in [-0.39, 0.29) is 5.75 Å². The van der Waals surface area contributed by atoms with Crippen LogP contribution in [0.4, 0.5) is 8.78 Å². The third-order valence-corrected chi connectivity index (χ3v) is 3.11. The standard InChI is InChI=1S/C16H14F2O2/c1-10-4-3-5-11(2)15(10)13-8-12(9-19)6-7-14(13)20-16(17)18/h3-9,16H,1-2H3. The van der Waals surface area contributed by atoms with Gasteiger partial charge in [-0.05, 0) is 48.7 Å². The molecule has 104 valence electrons. The average Bonchev–Trinajstić information content (AvgIpc) is 2.39. The summed E-state index contributed by atoms with van der Waals surface area (Å²) >= 11 is 0. The van der Waals surface area contributed by atoms with Gasteiger partial charge >= 0.3 is 6.61 Å². The lowest BCUT2D eigenvalue weighted by Crippen LogP contribution is -2.04. The van der Waals surface area contributed by atoms with Crippen LogP contribution in [0, 0.1) is 13.8 Å². The summed E-state index contributed by atoms with van der Waals surface area (Å²) in [5.74, 6) is 0.0722. The van der Waals surface area contributed by atoms with E-state index >= 15 is 0 Å². The first-order valence-corrected chi connectivity index (χ1v) is 6.13. The molecule has 0 atom stereocenters. The summed E-state index contributed by atoms with van der Waals surface area (Å²) in [5.41, 5.74) is 3.61. The van der Waals surface area contributed by atoms with E-state index in [9.17, 15) is 13.6 Å². The third kappa shape index (κ3) is 2.85. The van der Waals surface area contributed by atoms with E-state index in [4.69, 9.17) is 0 Å². The molecule has 0 aliphatic heterocycles. The Hall–Kier alpha value is -2.23. The molecular weight excluding hydrogens is 262 g/mol. The smallest absolute Gasteiger partial charge is 0.387 e. The number of hydrogen-bond donors (Lipinski definition) is 0. The number of aldehydes is 1. The second-order valence-corrected chi connectivity index (χ2v) is 4.52. The van der Waals surface area contributed by atoms with Crippen LogP contribution in [0.3, 0.4) is 0 Å². The molecule has 0 bridgehead atoms. The first kappa shape index (κ1) is 14.2. The van der Waals surface area contributed by atoms with E-state index in [1.54, 1.807) is 6.07 Å². The van der Waals surface area contributed by atoms with E-state index in [1.807, 2.05) is 32.0 Å². The van der Waals surface area contributed by atoms with Gasteiger partial charge in [-0.1, -0.05) is 18.2 Å². The van der Waals surface area contributed by atoms with Crippen molar-refractivity contribution in [2.45, 2.75) is 20.5 Å². The van der Waals surface area contributed by atoms with Crippen LogP contribution in [0.2, 0.25) is 0 Å². The lowest BCUT2D eigenvalue weighted by atomic mass is 9.94. The van der Waals surface area contributed by atoms with E-state index in [0.717, 1.165) is 16.7 Å². The van der Waals surface area contributed by atoms with Crippen LogP contribution in [-0.2, 0) is 0 Å². The highest BCUT2D eigenvalue weighted by Crippen LogP contribution is 2.36. The molecule has 0 amide bonds. The molecule has 2 aromatic carbocycles. The molecule has 0 unspecified atom stereocenters. The van der Waals surface area contributed by atoms with Crippen molar-refractivity contribution in [3.05, 3.63) is 53.1 Å². The highest BCUT2D eigenvalue weighted by atomic mass is 19.3. The minimum absolute atomic E-state index is 0.0722. The van der Waals surface area contributed by atoms with Gasteiger partial charge in [-0.25, -0.2) is 0 Å². The molecule has 0 aliphatic carbocycles. The number of hydrogen-bond acceptors (Lipinski definition) is 2. The van der Waals surface area contributed by atoms with Crippen molar-refractivity contribution in [3.63, 3.8) is 0 Å². The Balaban J connectivity index is 2.66. The molecule has 0 aliphatic rings. The number of carbonyl (C=O) groups is 1. The monoisotopic (exact) mass is 276 g/mol. The molecular formula is C16H14F2O2. The van der Waals surface area contributed by atoms with Gasteiger partial charge in [0, 0.05) is 11.1 Å². The Bertz CT molecular complexity index is 616. The zero-order valence-electron chi connectivity index (χ0n) is 11.2. The van der Waals surface area contributed by atoms with Gasteiger partial charge in [0.2, 0.25) is 0 Å². The SMILES string of the molecule is Cc1cccc(C)c1-c1cc(C=O)ccc1OC(F)F.